The van der Waals surface area contributed by atoms with Gasteiger partial charge in [0.25, 0.3) is 0 Å². The van der Waals surface area contributed by atoms with Crippen LogP contribution in [0.1, 0.15) is 12.5 Å². The molecule has 0 aliphatic heterocycles. The van der Waals surface area contributed by atoms with E-state index in [0.717, 1.165) is 6.07 Å². The zero-order valence-corrected chi connectivity index (χ0v) is 12.0. The number of nitriles is 1. The Labute approximate surface area is 120 Å². The zero-order chi connectivity index (χ0) is 15.3. The lowest BCUT2D eigenvalue weighted by atomic mass is 10.2. The summed E-state index contributed by atoms with van der Waals surface area (Å²) in [6.07, 6.45) is 0. The van der Waals surface area contributed by atoms with Crippen molar-refractivity contribution in [2.24, 2.45) is 5.92 Å². The monoisotopic (exact) mass is 318 g/mol. The number of nitro groups is 1. The summed E-state index contributed by atoms with van der Waals surface area (Å²) >= 11 is 0. The number of hydrogen-bond acceptors (Lipinski definition) is 6. The van der Waals surface area contributed by atoms with Crippen LogP contribution in [0.2, 0.25) is 0 Å². The maximum Gasteiger partial charge on any atom is 0.312 e. The Morgan fingerprint density at radius 2 is 2.20 bits per heavy atom. The van der Waals surface area contributed by atoms with Crippen LogP contribution in [0.5, 0.6) is 5.75 Å². The van der Waals surface area contributed by atoms with Crippen LogP contribution in [0.25, 0.3) is 0 Å². The van der Waals surface area contributed by atoms with E-state index in [2.05, 4.69) is 0 Å². The number of rotatable bonds is 6. The first kappa shape index (κ1) is 16.2. The molecule has 0 aliphatic rings. The van der Waals surface area contributed by atoms with E-state index >= 15 is 0 Å². The summed E-state index contributed by atoms with van der Waals surface area (Å²) in [6, 6.07) is 5.57. The molecule has 9 heteroatoms. The summed E-state index contributed by atoms with van der Waals surface area (Å²) in [4.78, 5) is 10.2. The van der Waals surface area contributed by atoms with E-state index in [0.29, 0.717) is 0 Å². The Bertz CT molecular complexity index is 653. The lowest BCUT2D eigenvalue weighted by Gasteiger charge is -2.11. The summed E-state index contributed by atoms with van der Waals surface area (Å²) in [5.74, 6) is -0.737. The summed E-state index contributed by atoms with van der Waals surface area (Å²) < 4.78 is 27.0. The predicted octanol–water partition coefficient (Wildman–Crippen LogP) is 2.05. The minimum absolute atomic E-state index is 0.0205. The quantitative estimate of drug-likeness (QED) is 0.451. The molecular formula is C11H11ClN2O5S. The smallest absolute Gasteiger partial charge is 0.312 e. The van der Waals surface area contributed by atoms with Crippen molar-refractivity contribution >= 4 is 25.4 Å². The summed E-state index contributed by atoms with van der Waals surface area (Å²) in [7, 11) is 1.45. The Hall–Kier alpha value is -1.85. The predicted molar refractivity (Wildman–Crippen MR) is 72.1 cm³/mol. The van der Waals surface area contributed by atoms with E-state index in [9.17, 15) is 18.5 Å². The minimum Gasteiger partial charge on any atom is -0.486 e. The molecule has 1 aromatic carbocycles. The van der Waals surface area contributed by atoms with Crippen LogP contribution >= 0.6 is 10.7 Å². The van der Waals surface area contributed by atoms with Gasteiger partial charge in [0.05, 0.1) is 28.9 Å². The number of benzene rings is 1. The standard InChI is InChI=1S/C11H11ClN2O5S/c1-8(7-20(12,17)18)6-19-11-3-2-9(5-13)4-10(11)14(15)16/h2-4,8H,6-7H2,1H3. The summed E-state index contributed by atoms with van der Waals surface area (Å²) in [6.45, 7) is 1.55. The van der Waals surface area contributed by atoms with E-state index < -0.39 is 19.9 Å². The molecule has 1 aromatic rings. The molecule has 0 aliphatic carbocycles. The average Bonchev–Trinajstić information content (AvgIpc) is 2.34. The van der Waals surface area contributed by atoms with Crippen LogP contribution in [0.4, 0.5) is 5.69 Å². The van der Waals surface area contributed by atoms with Gasteiger partial charge in [-0.15, -0.1) is 0 Å². The first-order valence-corrected chi connectivity index (χ1v) is 7.94. The van der Waals surface area contributed by atoms with Gasteiger partial charge in [-0.05, 0) is 12.1 Å². The molecule has 1 unspecified atom stereocenters. The van der Waals surface area contributed by atoms with Gasteiger partial charge in [0.1, 0.15) is 0 Å². The molecule has 1 rings (SSSR count). The third-order valence-corrected chi connectivity index (χ3v) is 3.64. The van der Waals surface area contributed by atoms with Crippen molar-refractivity contribution in [1.29, 1.82) is 5.26 Å². The molecule has 0 saturated heterocycles. The van der Waals surface area contributed by atoms with Gasteiger partial charge >= 0.3 is 5.69 Å². The van der Waals surface area contributed by atoms with Gasteiger partial charge in [-0.3, -0.25) is 10.1 Å². The van der Waals surface area contributed by atoms with E-state index in [-0.39, 0.29) is 29.4 Å². The normalized spacial score (nSPS) is 12.4. The van der Waals surface area contributed by atoms with Gasteiger partial charge in [-0.2, -0.15) is 5.26 Å². The van der Waals surface area contributed by atoms with Gasteiger partial charge in [0, 0.05) is 22.7 Å². The Balaban J connectivity index is 2.83. The zero-order valence-electron chi connectivity index (χ0n) is 10.4. The van der Waals surface area contributed by atoms with Gasteiger partial charge in [0.2, 0.25) is 9.05 Å². The molecule has 0 saturated carbocycles. The molecule has 0 amide bonds. The molecule has 1 atom stereocenters. The number of halogens is 1. The van der Waals surface area contributed by atoms with Crippen molar-refractivity contribution in [2.45, 2.75) is 6.92 Å². The summed E-state index contributed by atoms with van der Waals surface area (Å²) in [5.41, 5.74) is -0.203. The fourth-order valence-corrected chi connectivity index (χ4v) is 2.89. The van der Waals surface area contributed by atoms with Crippen LogP contribution in [0, 0.1) is 27.4 Å². The Morgan fingerprint density at radius 1 is 1.55 bits per heavy atom. The van der Waals surface area contributed by atoms with Gasteiger partial charge < -0.3 is 4.74 Å². The largest absolute Gasteiger partial charge is 0.486 e. The molecular weight excluding hydrogens is 308 g/mol. The van der Waals surface area contributed by atoms with Crippen LogP contribution < -0.4 is 4.74 Å². The highest BCUT2D eigenvalue weighted by atomic mass is 35.7. The Kier molecular flexibility index (Phi) is 5.30. The first-order chi connectivity index (χ1) is 9.23. The molecule has 0 radical (unpaired) electrons. The molecule has 0 heterocycles. The van der Waals surface area contributed by atoms with E-state index in [1.807, 2.05) is 0 Å². The van der Waals surface area contributed by atoms with Crippen LogP contribution in [-0.4, -0.2) is 25.7 Å². The van der Waals surface area contributed by atoms with Crippen molar-refractivity contribution in [3.63, 3.8) is 0 Å². The van der Waals surface area contributed by atoms with Crippen LogP contribution in [0.15, 0.2) is 18.2 Å². The minimum atomic E-state index is -3.65. The van der Waals surface area contributed by atoms with Crippen molar-refractivity contribution in [3.05, 3.63) is 33.9 Å². The average molecular weight is 319 g/mol. The second-order valence-electron chi connectivity index (χ2n) is 4.17. The number of nitrogens with zero attached hydrogens (tertiary/aromatic N) is 2. The molecule has 7 nitrogen and oxygen atoms in total. The van der Waals surface area contributed by atoms with E-state index in [4.69, 9.17) is 20.7 Å². The summed E-state index contributed by atoms with van der Waals surface area (Å²) in [5, 5.41) is 19.5. The third-order valence-electron chi connectivity index (χ3n) is 2.29. The van der Waals surface area contributed by atoms with E-state index in [1.54, 1.807) is 13.0 Å². The Morgan fingerprint density at radius 3 is 2.70 bits per heavy atom. The van der Waals surface area contributed by atoms with Crippen LogP contribution in [-0.2, 0) is 9.05 Å². The lowest BCUT2D eigenvalue weighted by molar-refractivity contribution is -0.385. The van der Waals surface area contributed by atoms with Gasteiger partial charge in [0.15, 0.2) is 5.75 Å². The van der Waals surface area contributed by atoms with Crippen molar-refractivity contribution in [3.8, 4) is 11.8 Å². The fourth-order valence-electron chi connectivity index (χ4n) is 1.47. The molecule has 0 N–H and O–H groups in total. The SMILES string of the molecule is CC(COc1ccc(C#N)cc1[N+](=O)[O-])CS(=O)(=O)Cl. The van der Waals surface area contributed by atoms with Crippen molar-refractivity contribution in [2.75, 3.05) is 12.4 Å². The molecule has 108 valence electrons. The second kappa shape index (κ2) is 6.54. The highest BCUT2D eigenvalue weighted by Gasteiger charge is 2.18. The highest BCUT2D eigenvalue weighted by Crippen LogP contribution is 2.28. The molecule has 0 aromatic heterocycles. The highest BCUT2D eigenvalue weighted by molar-refractivity contribution is 8.13. The van der Waals surface area contributed by atoms with Crippen molar-refractivity contribution in [1.82, 2.24) is 0 Å². The number of ether oxygens (including phenoxy) is 1. The molecule has 0 bridgehead atoms. The molecule has 20 heavy (non-hydrogen) atoms. The maximum absolute atomic E-state index is 10.9. The second-order valence-corrected chi connectivity index (χ2v) is 6.99. The first-order valence-electron chi connectivity index (χ1n) is 5.46. The van der Waals surface area contributed by atoms with Crippen molar-refractivity contribution < 1.29 is 18.1 Å². The number of nitro benzene ring substituents is 1. The lowest BCUT2D eigenvalue weighted by Crippen LogP contribution is -2.16. The maximum atomic E-state index is 10.9. The van der Waals surface area contributed by atoms with Crippen LogP contribution in [0.3, 0.4) is 0 Å². The number of hydrogen-bond donors (Lipinski definition) is 0. The third kappa shape index (κ3) is 5.03. The molecule has 0 spiro atoms. The van der Waals surface area contributed by atoms with Gasteiger partial charge in [-0.25, -0.2) is 8.42 Å². The van der Waals surface area contributed by atoms with Gasteiger partial charge in [-0.1, -0.05) is 6.92 Å². The van der Waals surface area contributed by atoms with E-state index in [1.165, 1.54) is 12.1 Å². The molecule has 0 fully saturated rings. The fraction of sp³-hybridized carbons (Fsp3) is 0.364. The topological polar surface area (TPSA) is 110 Å².